The van der Waals surface area contributed by atoms with Crippen LogP contribution >= 0.6 is 0 Å². The van der Waals surface area contributed by atoms with Gasteiger partial charge in [-0.3, -0.25) is 4.79 Å². The summed E-state index contributed by atoms with van der Waals surface area (Å²) in [6, 6.07) is 13.8. The highest BCUT2D eigenvalue weighted by atomic mass is 19.1. The van der Waals surface area contributed by atoms with E-state index in [1.165, 1.54) is 6.07 Å². The lowest BCUT2D eigenvalue weighted by Crippen LogP contribution is -2.33. The van der Waals surface area contributed by atoms with Crippen LogP contribution in [0.25, 0.3) is 11.0 Å². The number of carbonyl (C=O) groups excluding carboxylic acids is 1. The fraction of sp³-hybridized carbons (Fsp3) is 0.263. The van der Waals surface area contributed by atoms with Gasteiger partial charge in [-0.1, -0.05) is 44.2 Å². The number of fused-ring (bicyclic) bond motifs is 1. The van der Waals surface area contributed by atoms with Crippen molar-refractivity contribution >= 4 is 16.9 Å². The molecule has 1 heterocycles. The van der Waals surface area contributed by atoms with E-state index in [2.05, 4.69) is 15.3 Å². The van der Waals surface area contributed by atoms with Crippen molar-refractivity contribution in [3.8, 4) is 0 Å². The van der Waals surface area contributed by atoms with Crippen molar-refractivity contribution in [2.24, 2.45) is 5.92 Å². The monoisotopic (exact) mass is 325 g/mol. The van der Waals surface area contributed by atoms with E-state index in [0.29, 0.717) is 11.4 Å². The zero-order chi connectivity index (χ0) is 17.1. The number of para-hydroxylation sites is 2. The average molecular weight is 325 g/mol. The van der Waals surface area contributed by atoms with Gasteiger partial charge in [0.05, 0.1) is 23.5 Å². The molecule has 124 valence electrons. The SMILES string of the molecule is CC(C)[C@H](NC(=O)Cc1ccccc1F)c1nc2ccccc2[nH]1. The van der Waals surface area contributed by atoms with Crippen LogP contribution in [-0.4, -0.2) is 15.9 Å². The average Bonchev–Trinajstić information content (AvgIpc) is 2.98. The van der Waals surface area contributed by atoms with Crippen molar-refractivity contribution in [2.45, 2.75) is 26.3 Å². The molecule has 3 rings (SSSR count). The number of hydrogen-bond acceptors (Lipinski definition) is 2. The van der Waals surface area contributed by atoms with Gasteiger partial charge in [-0.05, 0) is 29.7 Å². The summed E-state index contributed by atoms with van der Waals surface area (Å²) in [5, 5.41) is 2.97. The molecular weight excluding hydrogens is 305 g/mol. The van der Waals surface area contributed by atoms with Crippen LogP contribution in [0.3, 0.4) is 0 Å². The molecule has 1 aromatic heterocycles. The summed E-state index contributed by atoms with van der Waals surface area (Å²) < 4.78 is 13.7. The van der Waals surface area contributed by atoms with Crippen LogP contribution in [0.15, 0.2) is 48.5 Å². The predicted molar refractivity (Wildman–Crippen MR) is 91.9 cm³/mol. The number of H-pyrrole nitrogens is 1. The molecule has 1 amide bonds. The molecule has 3 aromatic rings. The predicted octanol–water partition coefficient (Wildman–Crippen LogP) is 3.76. The highest BCUT2D eigenvalue weighted by Crippen LogP contribution is 2.22. The van der Waals surface area contributed by atoms with E-state index in [0.717, 1.165) is 11.0 Å². The Labute approximate surface area is 140 Å². The Balaban J connectivity index is 1.79. The summed E-state index contributed by atoms with van der Waals surface area (Å²) in [5.74, 6) is 0.278. The van der Waals surface area contributed by atoms with Gasteiger partial charge in [0.25, 0.3) is 0 Å². The summed E-state index contributed by atoms with van der Waals surface area (Å²) in [6.45, 7) is 4.03. The molecule has 24 heavy (non-hydrogen) atoms. The van der Waals surface area contributed by atoms with E-state index in [1.54, 1.807) is 18.2 Å². The lowest BCUT2D eigenvalue weighted by molar-refractivity contribution is -0.121. The Morgan fingerprint density at radius 3 is 2.58 bits per heavy atom. The first-order chi connectivity index (χ1) is 11.5. The fourth-order valence-electron chi connectivity index (χ4n) is 2.71. The van der Waals surface area contributed by atoms with Gasteiger partial charge in [0.1, 0.15) is 11.6 Å². The summed E-state index contributed by atoms with van der Waals surface area (Å²) in [6.07, 6.45) is 0.0100. The van der Waals surface area contributed by atoms with E-state index in [9.17, 15) is 9.18 Å². The molecule has 0 fully saturated rings. The zero-order valence-corrected chi connectivity index (χ0v) is 13.7. The molecule has 0 unspecified atom stereocenters. The lowest BCUT2D eigenvalue weighted by atomic mass is 10.0. The van der Waals surface area contributed by atoms with Crippen LogP contribution in [0.1, 0.15) is 31.3 Å². The van der Waals surface area contributed by atoms with Crippen LogP contribution in [0.5, 0.6) is 0 Å². The standard InChI is InChI=1S/C19H20FN3O/c1-12(2)18(19-21-15-9-5-6-10-16(15)22-19)23-17(24)11-13-7-3-4-8-14(13)20/h3-10,12,18H,11H2,1-2H3,(H,21,22)(H,23,24)/t18-/m0/s1. The van der Waals surface area contributed by atoms with Crippen molar-refractivity contribution in [1.82, 2.24) is 15.3 Å². The Kier molecular flexibility index (Phi) is 4.60. The van der Waals surface area contributed by atoms with Gasteiger partial charge >= 0.3 is 0 Å². The summed E-state index contributed by atoms with van der Waals surface area (Å²) in [4.78, 5) is 20.2. The number of aromatic amines is 1. The first-order valence-electron chi connectivity index (χ1n) is 8.02. The molecule has 1 atom stereocenters. The maximum absolute atomic E-state index is 13.7. The highest BCUT2D eigenvalue weighted by molar-refractivity contribution is 5.79. The smallest absolute Gasteiger partial charge is 0.225 e. The van der Waals surface area contributed by atoms with Crippen LogP contribution < -0.4 is 5.32 Å². The summed E-state index contributed by atoms with van der Waals surface area (Å²) >= 11 is 0. The molecule has 2 aromatic carbocycles. The van der Waals surface area contributed by atoms with Crippen LogP contribution in [0.4, 0.5) is 4.39 Å². The lowest BCUT2D eigenvalue weighted by Gasteiger charge is -2.20. The minimum Gasteiger partial charge on any atom is -0.346 e. The van der Waals surface area contributed by atoms with E-state index < -0.39 is 0 Å². The minimum absolute atomic E-state index is 0.0100. The molecule has 0 radical (unpaired) electrons. The van der Waals surface area contributed by atoms with Gasteiger partial charge < -0.3 is 10.3 Å². The molecule has 0 aliphatic carbocycles. The van der Waals surface area contributed by atoms with Gasteiger partial charge in [0, 0.05) is 0 Å². The largest absolute Gasteiger partial charge is 0.346 e. The molecule has 0 aliphatic rings. The number of carbonyl (C=O) groups is 1. The van der Waals surface area contributed by atoms with E-state index in [4.69, 9.17) is 0 Å². The number of imidazole rings is 1. The van der Waals surface area contributed by atoms with E-state index in [-0.39, 0.29) is 30.1 Å². The van der Waals surface area contributed by atoms with Crippen molar-refractivity contribution in [2.75, 3.05) is 0 Å². The van der Waals surface area contributed by atoms with Gasteiger partial charge in [-0.2, -0.15) is 0 Å². The quantitative estimate of drug-likeness (QED) is 0.750. The highest BCUT2D eigenvalue weighted by Gasteiger charge is 2.22. The van der Waals surface area contributed by atoms with Crippen LogP contribution in [0.2, 0.25) is 0 Å². The fourth-order valence-corrected chi connectivity index (χ4v) is 2.71. The zero-order valence-electron chi connectivity index (χ0n) is 13.7. The molecule has 0 saturated heterocycles. The third kappa shape index (κ3) is 3.45. The number of nitrogens with zero attached hydrogens (tertiary/aromatic N) is 1. The van der Waals surface area contributed by atoms with Crippen molar-refractivity contribution in [3.05, 3.63) is 65.7 Å². The van der Waals surface area contributed by atoms with Crippen molar-refractivity contribution in [1.29, 1.82) is 0 Å². The number of rotatable bonds is 5. The number of amides is 1. The first kappa shape index (κ1) is 16.2. The second-order valence-electron chi connectivity index (χ2n) is 6.20. The molecule has 0 spiro atoms. The van der Waals surface area contributed by atoms with Gasteiger partial charge in [-0.15, -0.1) is 0 Å². The van der Waals surface area contributed by atoms with E-state index >= 15 is 0 Å². The van der Waals surface area contributed by atoms with E-state index in [1.807, 2.05) is 38.1 Å². The Bertz CT molecular complexity index is 823. The Morgan fingerprint density at radius 1 is 1.17 bits per heavy atom. The molecule has 2 N–H and O–H groups in total. The molecule has 0 bridgehead atoms. The van der Waals surface area contributed by atoms with Crippen LogP contribution in [-0.2, 0) is 11.2 Å². The van der Waals surface area contributed by atoms with Gasteiger partial charge in [0.15, 0.2) is 0 Å². The minimum atomic E-state index is -0.363. The number of hydrogen-bond donors (Lipinski definition) is 2. The Hall–Kier alpha value is -2.69. The van der Waals surface area contributed by atoms with Gasteiger partial charge in [0.2, 0.25) is 5.91 Å². The van der Waals surface area contributed by atoms with Gasteiger partial charge in [-0.25, -0.2) is 9.37 Å². The third-order valence-corrected chi connectivity index (χ3v) is 3.99. The second kappa shape index (κ2) is 6.83. The number of aromatic nitrogens is 2. The summed E-state index contributed by atoms with van der Waals surface area (Å²) in [7, 11) is 0. The van der Waals surface area contributed by atoms with Crippen molar-refractivity contribution in [3.63, 3.8) is 0 Å². The molecular formula is C19H20FN3O. The molecule has 0 aliphatic heterocycles. The summed E-state index contributed by atoms with van der Waals surface area (Å²) in [5.41, 5.74) is 2.19. The maximum atomic E-state index is 13.7. The normalized spacial score (nSPS) is 12.5. The van der Waals surface area contributed by atoms with Crippen molar-refractivity contribution < 1.29 is 9.18 Å². The first-order valence-corrected chi connectivity index (χ1v) is 8.02. The molecule has 0 saturated carbocycles. The third-order valence-electron chi connectivity index (χ3n) is 3.99. The second-order valence-corrected chi connectivity index (χ2v) is 6.20. The molecule has 4 nitrogen and oxygen atoms in total. The number of halogens is 1. The molecule has 5 heteroatoms. The topological polar surface area (TPSA) is 57.8 Å². The van der Waals surface area contributed by atoms with Crippen LogP contribution in [0, 0.1) is 11.7 Å². The maximum Gasteiger partial charge on any atom is 0.225 e. The Morgan fingerprint density at radius 2 is 1.88 bits per heavy atom. The number of benzene rings is 2. The number of nitrogens with one attached hydrogen (secondary N) is 2.